The molecule has 5 N–H and O–H groups in total. The summed E-state index contributed by atoms with van der Waals surface area (Å²) >= 11 is 0. The van der Waals surface area contributed by atoms with Crippen LogP contribution in [-0.2, 0) is 14.3 Å². The van der Waals surface area contributed by atoms with Gasteiger partial charge in [-0.15, -0.1) is 0 Å². The van der Waals surface area contributed by atoms with Crippen molar-refractivity contribution in [3.8, 4) is 0 Å². The van der Waals surface area contributed by atoms with Crippen LogP contribution >= 0.6 is 0 Å². The van der Waals surface area contributed by atoms with E-state index in [0.29, 0.717) is 13.2 Å². The van der Waals surface area contributed by atoms with Gasteiger partial charge in [-0.2, -0.15) is 0 Å². The second kappa shape index (κ2) is 5.78. The van der Waals surface area contributed by atoms with E-state index in [2.05, 4.69) is 0 Å². The van der Waals surface area contributed by atoms with Gasteiger partial charge in [-0.3, -0.25) is 10.1 Å². The van der Waals surface area contributed by atoms with Gasteiger partial charge in [0.15, 0.2) is 0 Å². The van der Waals surface area contributed by atoms with Gasteiger partial charge in [-0.25, -0.2) is 4.79 Å². The fraction of sp³-hybridized carbons (Fsp3) is 0.778. The molecule has 0 spiro atoms. The Balaban J connectivity index is 2.38. The third-order valence-electron chi connectivity index (χ3n) is 2.43. The monoisotopic (exact) mass is 231 g/mol. The second-order valence-electron chi connectivity index (χ2n) is 3.74. The number of ether oxygens (including phenoxy) is 2. The number of hydrogen-bond donors (Lipinski definition) is 3. The van der Waals surface area contributed by atoms with Crippen molar-refractivity contribution < 1.29 is 19.1 Å². The number of hydrogen-bond acceptors (Lipinski definition) is 5. The molecule has 1 aliphatic rings. The van der Waals surface area contributed by atoms with Gasteiger partial charge in [0, 0.05) is 13.2 Å². The van der Waals surface area contributed by atoms with Crippen LogP contribution in [0.2, 0.25) is 0 Å². The summed E-state index contributed by atoms with van der Waals surface area (Å²) < 4.78 is 10.7. The average Bonchev–Trinajstić information content (AvgIpc) is 2.27. The number of nitrogens with two attached hydrogens (primary N) is 2. The third-order valence-corrected chi connectivity index (χ3v) is 2.43. The lowest BCUT2D eigenvalue weighted by molar-refractivity contribution is -0.146. The predicted octanol–water partition coefficient (Wildman–Crippen LogP) is -1.29. The molecule has 1 atom stereocenters. The van der Waals surface area contributed by atoms with Crippen molar-refractivity contribution in [2.75, 3.05) is 26.4 Å². The molecule has 1 rings (SSSR count). The maximum atomic E-state index is 11.1. The zero-order chi connectivity index (χ0) is 12.0. The molecule has 3 amide bonds. The molecule has 1 heterocycles. The highest BCUT2D eigenvalue weighted by Crippen LogP contribution is 2.22. The predicted molar refractivity (Wildman–Crippen MR) is 55.5 cm³/mol. The van der Waals surface area contributed by atoms with Crippen LogP contribution in [0.4, 0.5) is 4.79 Å². The fourth-order valence-electron chi connectivity index (χ4n) is 1.55. The molecule has 1 aliphatic heterocycles. The molecular formula is C9H17N3O4. The summed E-state index contributed by atoms with van der Waals surface area (Å²) in [6.07, 6.45) is 1.59. The van der Waals surface area contributed by atoms with E-state index in [1.54, 1.807) is 0 Å². The van der Waals surface area contributed by atoms with Gasteiger partial charge in [0.1, 0.15) is 12.2 Å². The summed E-state index contributed by atoms with van der Waals surface area (Å²) in [5, 5.41) is 1.92. The summed E-state index contributed by atoms with van der Waals surface area (Å²) in [4.78, 5) is 21.5. The number of primary amides is 1. The number of urea groups is 1. The topological polar surface area (TPSA) is 117 Å². The van der Waals surface area contributed by atoms with Crippen molar-refractivity contribution in [3.63, 3.8) is 0 Å². The summed E-state index contributed by atoms with van der Waals surface area (Å²) in [6.45, 7) is 1.08. The summed E-state index contributed by atoms with van der Waals surface area (Å²) in [5.74, 6) is -0.578. The maximum absolute atomic E-state index is 11.1. The minimum Gasteiger partial charge on any atom is -0.378 e. The molecule has 0 saturated carbocycles. The molecule has 7 heteroatoms. The molecule has 92 valence electrons. The molecule has 16 heavy (non-hydrogen) atoms. The van der Waals surface area contributed by atoms with E-state index in [0.717, 1.165) is 12.8 Å². The lowest BCUT2D eigenvalue weighted by Gasteiger charge is -2.35. The van der Waals surface area contributed by atoms with Crippen LogP contribution < -0.4 is 16.8 Å². The van der Waals surface area contributed by atoms with Crippen LogP contribution in [0.5, 0.6) is 0 Å². The zero-order valence-electron chi connectivity index (χ0n) is 9.03. The van der Waals surface area contributed by atoms with Crippen LogP contribution in [0, 0.1) is 0 Å². The minimum absolute atomic E-state index is 0.247. The zero-order valence-corrected chi connectivity index (χ0v) is 9.03. The van der Waals surface area contributed by atoms with E-state index >= 15 is 0 Å². The first kappa shape index (κ1) is 12.9. The van der Waals surface area contributed by atoms with Gasteiger partial charge >= 0.3 is 6.03 Å². The van der Waals surface area contributed by atoms with Gasteiger partial charge in [0.05, 0.1) is 6.61 Å². The molecule has 1 fully saturated rings. The lowest BCUT2D eigenvalue weighted by atomic mass is 9.97. The number of imide groups is 1. The number of carbonyl (C=O) groups is 2. The molecule has 0 aromatic heterocycles. The van der Waals surface area contributed by atoms with Gasteiger partial charge in [-0.05, 0) is 12.8 Å². The highest BCUT2D eigenvalue weighted by Gasteiger charge is 2.33. The van der Waals surface area contributed by atoms with E-state index in [-0.39, 0.29) is 13.2 Å². The Morgan fingerprint density at radius 1 is 1.50 bits per heavy atom. The fourth-order valence-corrected chi connectivity index (χ4v) is 1.55. The third kappa shape index (κ3) is 3.76. The van der Waals surface area contributed by atoms with Crippen molar-refractivity contribution >= 4 is 11.9 Å². The lowest BCUT2D eigenvalue weighted by Crippen LogP contribution is -2.50. The highest BCUT2D eigenvalue weighted by molar-refractivity contribution is 5.94. The first-order chi connectivity index (χ1) is 7.58. The molecular weight excluding hydrogens is 214 g/mol. The van der Waals surface area contributed by atoms with Crippen molar-refractivity contribution in [1.82, 2.24) is 5.32 Å². The van der Waals surface area contributed by atoms with Gasteiger partial charge < -0.3 is 20.9 Å². The highest BCUT2D eigenvalue weighted by atomic mass is 16.5. The first-order valence-corrected chi connectivity index (χ1v) is 5.09. The van der Waals surface area contributed by atoms with E-state index in [4.69, 9.17) is 20.9 Å². The Hall–Kier alpha value is -1.18. The molecule has 1 saturated heterocycles. The van der Waals surface area contributed by atoms with Crippen molar-refractivity contribution in [3.05, 3.63) is 0 Å². The van der Waals surface area contributed by atoms with Crippen LogP contribution in [-0.4, -0.2) is 43.9 Å². The average molecular weight is 231 g/mol. The Morgan fingerprint density at radius 3 is 2.75 bits per heavy atom. The number of carbonyl (C=O) groups excluding carboxylic acids is 2. The molecule has 0 radical (unpaired) electrons. The standard InChI is InChI=1S/C9H17N3O4/c10-5-9(2-1-3-15-6-9)16-4-7(13)12-8(11)14/h1-6,10H2,(H3,11,12,13,14). The van der Waals surface area contributed by atoms with E-state index in [9.17, 15) is 9.59 Å². The number of amides is 3. The van der Waals surface area contributed by atoms with Crippen molar-refractivity contribution in [2.24, 2.45) is 11.5 Å². The summed E-state index contributed by atoms with van der Waals surface area (Å²) in [6, 6.07) is -0.893. The van der Waals surface area contributed by atoms with Crippen molar-refractivity contribution in [2.45, 2.75) is 18.4 Å². The summed E-state index contributed by atoms with van der Waals surface area (Å²) in [7, 11) is 0. The van der Waals surface area contributed by atoms with Crippen LogP contribution in [0.15, 0.2) is 0 Å². The Morgan fingerprint density at radius 2 is 2.25 bits per heavy atom. The van der Waals surface area contributed by atoms with Crippen LogP contribution in [0.3, 0.4) is 0 Å². The van der Waals surface area contributed by atoms with Crippen LogP contribution in [0.25, 0.3) is 0 Å². The smallest absolute Gasteiger partial charge is 0.318 e. The molecule has 0 aromatic carbocycles. The quantitative estimate of drug-likeness (QED) is 0.556. The normalized spacial score (nSPS) is 25.1. The molecule has 0 aromatic rings. The van der Waals surface area contributed by atoms with E-state index in [1.165, 1.54) is 0 Å². The SMILES string of the molecule is NCC1(OCC(=O)NC(N)=O)CCCOC1. The number of nitrogens with one attached hydrogen (secondary N) is 1. The largest absolute Gasteiger partial charge is 0.378 e. The Labute approximate surface area is 93.4 Å². The van der Waals surface area contributed by atoms with Gasteiger partial charge in [0.2, 0.25) is 0 Å². The molecule has 7 nitrogen and oxygen atoms in total. The number of rotatable bonds is 4. The molecule has 0 bridgehead atoms. The molecule has 1 unspecified atom stereocenters. The van der Waals surface area contributed by atoms with Crippen molar-refractivity contribution in [1.29, 1.82) is 0 Å². The van der Waals surface area contributed by atoms with Gasteiger partial charge in [-0.1, -0.05) is 0 Å². The molecule has 0 aliphatic carbocycles. The first-order valence-electron chi connectivity index (χ1n) is 5.09. The Kier molecular flexibility index (Phi) is 4.66. The Bertz CT molecular complexity index is 263. The van der Waals surface area contributed by atoms with Crippen LogP contribution in [0.1, 0.15) is 12.8 Å². The summed E-state index contributed by atoms with van der Waals surface area (Å²) in [5.41, 5.74) is 9.77. The van der Waals surface area contributed by atoms with E-state index in [1.807, 2.05) is 5.32 Å². The van der Waals surface area contributed by atoms with Gasteiger partial charge in [0.25, 0.3) is 5.91 Å². The minimum atomic E-state index is -0.893. The maximum Gasteiger partial charge on any atom is 0.318 e. The van der Waals surface area contributed by atoms with E-state index < -0.39 is 17.5 Å². The second-order valence-corrected chi connectivity index (χ2v) is 3.74.